The Morgan fingerprint density at radius 3 is 2.81 bits per heavy atom. The highest BCUT2D eigenvalue weighted by molar-refractivity contribution is 5.47. The van der Waals surface area contributed by atoms with Gasteiger partial charge in [-0.3, -0.25) is 0 Å². The largest absolute Gasteiger partial charge is 0.367 e. The predicted octanol–water partition coefficient (Wildman–Crippen LogP) is 2.13. The minimum Gasteiger partial charge on any atom is -0.367 e. The molecule has 0 saturated carbocycles. The highest BCUT2D eigenvalue weighted by Crippen LogP contribution is 2.25. The van der Waals surface area contributed by atoms with Crippen molar-refractivity contribution in [2.75, 3.05) is 11.9 Å². The molecule has 2 unspecified atom stereocenters. The molecule has 1 aromatic carbocycles. The Morgan fingerprint density at radius 2 is 2.19 bits per heavy atom. The maximum atomic E-state index is 9.38. The van der Waals surface area contributed by atoms with Gasteiger partial charge < -0.3 is 10.6 Å². The highest BCUT2D eigenvalue weighted by Gasteiger charge is 2.34. The van der Waals surface area contributed by atoms with Crippen molar-refractivity contribution in [2.45, 2.75) is 31.3 Å². The number of anilines is 1. The van der Waals surface area contributed by atoms with E-state index in [1.54, 1.807) is 0 Å². The maximum absolute atomic E-state index is 9.38. The Labute approximate surface area is 96.5 Å². The van der Waals surface area contributed by atoms with Crippen LogP contribution in [0.5, 0.6) is 0 Å². The molecule has 1 saturated heterocycles. The molecule has 0 spiro atoms. The quantitative estimate of drug-likeness (QED) is 0.794. The van der Waals surface area contributed by atoms with Gasteiger partial charge in [0.05, 0.1) is 6.07 Å². The normalized spacial score (nSPS) is 29.4. The molecule has 3 nitrogen and oxygen atoms in total. The van der Waals surface area contributed by atoms with E-state index >= 15 is 0 Å². The van der Waals surface area contributed by atoms with Crippen LogP contribution in [0, 0.1) is 11.3 Å². The van der Waals surface area contributed by atoms with Crippen molar-refractivity contribution in [2.24, 2.45) is 0 Å². The standard InChI is InChI=1S/C13H17N3/c1-11-9-13(10-14,7-8-15-11)16-12-5-3-2-4-6-12/h2-6,11,15-16H,7-9H2,1H3. The van der Waals surface area contributed by atoms with Crippen molar-refractivity contribution < 1.29 is 0 Å². The van der Waals surface area contributed by atoms with Gasteiger partial charge in [-0.25, -0.2) is 0 Å². The van der Waals surface area contributed by atoms with Crippen molar-refractivity contribution >= 4 is 5.69 Å². The van der Waals surface area contributed by atoms with E-state index in [1.165, 1.54) is 0 Å². The first-order valence-corrected chi connectivity index (χ1v) is 5.72. The van der Waals surface area contributed by atoms with Gasteiger partial charge in [-0.1, -0.05) is 18.2 Å². The fraction of sp³-hybridized carbons (Fsp3) is 0.462. The van der Waals surface area contributed by atoms with E-state index in [2.05, 4.69) is 23.6 Å². The molecular formula is C13H17N3. The van der Waals surface area contributed by atoms with Crippen LogP contribution in [0.3, 0.4) is 0 Å². The summed E-state index contributed by atoms with van der Waals surface area (Å²) in [6, 6.07) is 12.8. The van der Waals surface area contributed by atoms with E-state index in [-0.39, 0.29) is 0 Å². The third-order valence-electron chi connectivity index (χ3n) is 3.07. The van der Waals surface area contributed by atoms with Crippen molar-refractivity contribution in [1.29, 1.82) is 5.26 Å². The van der Waals surface area contributed by atoms with Crippen LogP contribution in [-0.4, -0.2) is 18.1 Å². The Bertz CT molecular complexity index is 382. The van der Waals surface area contributed by atoms with Gasteiger partial charge in [0.15, 0.2) is 0 Å². The van der Waals surface area contributed by atoms with Gasteiger partial charge in [-0.15, -0.1) is 0 Å². The lowest BCUT2D eigenvalue weighted by atomic mass is 9.86. The van der Waals surface area contributed by atoms with Gasteiger partial charge in [-0.2, -0.15) is 5.26 Å². The van der Waals surface area contributed by atoms with Crippen molar-refractivity contribution in [3.8, 4) is 6.07 Å². The molecule has 0 amide bonds. The molecule has 0 aliphatic carbocycles. The first-order chi connectivity index (χ1) is 7.74. The van der Waals surface area contributed by atoms with Crippen LogP contribution in [0.4, 0.5) is 5.69 Å². The molecule has 84 valence electrons. The summed E-state index contributed by atoms with van der Waals surface area (Å²) in [7, 11) is 0. The summed E-state index contributed by atoms with van der Waals surface area (Å²) in [4.78, 5) is 0. The summed E-state index contributed by atoms with van der Waals surface area (Å²) in [5.41, 5.74) is 0.615. The maximum Gasteiger partial charge on any atom is 0.128 e. The average molecular weight is 215 g/mol. The minimum atomic E-state index is -0.411. The Kier molecular flexibility index (Phi) is 3.12. The van der Waals surface area contributed by atoms with Gasteiger partial charge in [0.1, 0.15) is 5.54 Å². The molecule has 1 aromatic rings. The number of para-hydroxylation sites is 1. The van der Waals surface area contributed by atoms with E-state index in [0.29, 0.717) is 6.04 Å². The average Bonchev–Trinajstić information content (AvgIpc) is 2.30. The van der Waals surface area contributed by atoms with Crippen molar-refractivity contribution in [3.05, 3.63) is 30.3 Å². The monoisotopic (exact) mass is 215 g/mol. The number of piperidine rings is 1. The lowest BCUT2D eigenvalue weighted by Gasteiger charge is -2.36. The van der Waals surface area contributed by atoms with Gasteiger partial charge >= 0.3 is 0 Å². The van der Waals surface area contributed by atoms with Gasteiger partial charge in [0, 0.05) is 11.7 Å². The van der Waals surface area contributed by atoms with Crippen molar-refractivity contribution in [3.63, 3.8) is 0 Å². The van der Waals surface area contributed by atoms with Crippen LogP contribution in [-0.2, 0) is 0 Å². The van der Waals surface area contributed by atoms with Gasteiger partial charge in [0.2, 0.25) is 0 Å². The summed E-state index contributed by atoms with van der Waals surface area (Å²) >= 11 is 0. The zero-order valence-corrected chi connectivity index (χ0v) is 9.53. The lowest BCUT2D eigenvalue weighted by Crippen LogP contribution is -2.50. The Hall–Kier alpha value is -1.53. The van der Waals surface area contributed by atoms with E-state index in [4.69, 9.17) is 0 Å². The number of rotatable bonds is 2. The fourth-order valence-electron chi connectivity index (χ4n) is 2.27. The second-order valence-electron chi connectivity index (χ2n) is 4.49. The molecule has 1 heterocycles. The van der Waals surface area contributed by atoms with Crippen LogP contribution in [0.2, 0.25) is 0 Å². The molecule has 0 radical (unpaired) electrons. The van der Waals surface area contributed by atoms with Crippen molar-refractivity contribution in [1.82, 2.24) is 5.32 Å². The minimum absolute atomic E-state index is 0.393. The first kappa shape index (κ1) is 11.0. The van der Waals surface area contributed by atoms with E-state index in [9.17, 15) is 5.26 Å². The second-order valence-corrected chi connectivity index (χ2v) is 4.49. The molecule has 2 N–H and O–H groups in total. The molecule has 2 rings (SSSR count). The molecule has 16 heavy (non-hydrogen) atoms. The topological polar surface area (TPSA) is 47.9 Å². The zero-order chi connectivity index (χ0) is 11.4. The number of nitrogens with one attached hydrogen (secondary N) is 2. The van der Waals surface area contributed by atoms with Crippen LogP contribution >= 0.6 is 0 Å². The van der Waals surface area contributed by atoms with Crippen LogP contribution in [0.1, 0.15) is 19.8 Å². The number of hydrogen-bond acceptors (Lipinski definition) is 3. The lowest BCUT2D eigenvalue weighted by molar-refractivity contribution is 0.343. The van der Waals surface area contributed by atoms with Gasteiger partial charge in [0.25, 0.3) is 0 Å². The molecule has 2 atom stereocenters. The van der Waals surface area contributed by atoms with E-state index < -0.39 is 5.54 Å². The van der Waals surface area contributed by atoms with Crippen LogP contribution in [0.25, 0.3) is 0 Å². The Balaban J connectivity index is 2.14. The Morgan fingerprint density at radius 1 is 1.44 bits per heavy atom. The molecular weight excluding hydrogens is 198 g/mol. The van der Waals surface area contributed by atoms with E-state index in [0.717, 1.165) is 25.1 Å². The fourth-order valence-corrected chi connectivity index (χ4v) is 2.27. The number of nitrogens with zero attached hydrogens (tertiary/aromatic N) is 1. The number of hydrogen-bond donors (Lipinski definition) is 2. The molecule has 1 aliphatic rings. The van der Waals surface area contributed by atoms with Crippen LogP contribution in [0.15, 0.2) is 30.3 Å². The molecule has 3 heteroatoms. The summed E-state index contributed by atoms with van der Waals surface area (Å²) in [6.07, 6.45) is 1.70. The second kappa shape index (κ2) is 4.54. The smallest absolute Gasteiger partial charge is 0.128 e. The molecule has 0 bridgehead atoms. The van der Waals surface area contributed by atoms with E-state index in [1.807, 2.05) is 30.3 Å². The third kappa shape index (κ3) is 2.34. The summed E-state index contributed by atoms with van der Waals surface area (Å²) in [5.74, 6) is 0. The summed E-state index contributed by atoms with van der Waals surface area (Å²) in [5, 5.41) is 16.1. The number of benzene rings is 1. The van der Waals surface area contributed by atoms with Crippen LogP contribution < -0.4 is 10.6 Å². The molecule has 0 aromatic heterocycles. The number of nitriles is 1. The zero-order valence-electron chi connectivity index (χ0n) is 9.53. The van der Waals surface area contributed by atoms with Gasteiger partial charge in [-0.05, 0) is 38.4 Å². The third-order valence-corrected chi connectivity index (χ3v) is 3.07. The SMILES string of the molecule is CC1CC(C#N)(Nc2ccccc2)CCN1. The summed E-state index contributed by atoms with van der Waals surface area (Å²) in [6.45, 7) is 3.02. The highest BCUT2D eigenvalue weighted by atomic mass is 15.0. The predicted molar refractivity (Wildman–Crippen MR) is 65.1 cm³/mol. The molecule has 1 aliphatic heterocycles. The summed E-state index contributed by atoms with van der Waals surface area (Å²) < 4.78 is 0. The first-order valence-electron chi connectivity index (χ1n) is 5.72. The molecule has 1 fully saturated rings.